The highest BCUT2D eigenvalue weighted by atomic mass is 32.2. The Bertz CT molecular complexity index is 648. The van der Waals surface area contributed by atoms with Crippen molar-refractivity contribution in [2.24, 2.45) is 5.92 Å². The smallest absolute Gasteiger partial charge is 0.353 e. The van der Waals surface area contributed by atoms with Crippen LogP contribution in [0.1, 0.15) is 6.92 Å². The molecular formula is C13H13N3O5S. The zero-order valence-electron chi connectivity index (χ0n) is 11.5. The number of thioether (sulfide) groups is 1. The number of ether oxygens (including phenoxy) is 1. The van der Waals surface area contributed by atoms with Crippen LogP contribution < -0.4 is 4.74 Å². The number of carboxylic acids is 1. The van der Waals surface area contributed by atoms with E-state index in [1.165, 1.54) is 42.2 Å². The van der Waals surface area contributed by atoms with Crippen LogP contribution in [0.15, 0.2) is 29.2 Å². The third-order valence-corrected chi connectivity index (χ3v) is 4.81. The molecule has 1 amide bonds. The predicted octanol–water partition coefficient (Wildman–Crippen LogP) is 0.0637. The molecule has 1 fully saturated rings. The largest absolute Gasteiger partial charge is 0.477 e. The maximum absolute atomic E-state index is 12.0. The number of aliphatic carboxylic acids is 1. The number of carbonyl (C=O) groups is 2. The summed E-state index contributed by atoms with van der Waals surface area (Å²) < 4.78 is 5.41. The van der Waals surface area contributed by atoms with Gasteiger partial charge < -0.3 is 14.9 Å². The molecule has 3 rings (SSSR count). The molecule has 3 heterocycles. The molecular weight excluding hydrogens is 310 g/mol. The molecule has 1 aromatic rings. The lowest BCUT2D eigenvalue weighted by molar-refractivity contribution is -0.156. The number of aromatic nitrogens is 2. The van der Waals surface area contributed by atoms with E-state index in [1.807, 2.05) is 0 Å². The van der Waals surface area contributed by atoms with Crippen molar-refractivity contribution < 1.29 is 24.5 Å². The SMILES string of the molecule is C[C@@H](O)[C@H]1C(=O)N2C(C(=O)O)=C(COc3cnccn3)S[C@H]12. The van der Waals surface area contributed by atoms with Gasteiger partial charge in [-0.05, 0) is 6.92 Å². The number of β-lactam (4-membered cyclic amide) rings is 1. The van der Waals surface area contributed by atoms with Crippen LogP contribution >= 0.6 is 11.8 Å². The Kier molecular flexibility index (Phi) is 3.75. The average Bonchev–Trinajstić information content (AvgIpc) is 2.80. The zero-order valence-corrected chi connectivity index (χ0v) is 12.4. The molecule has 2 aliphatic heterocycles. The van der Waals surface area contributed by atoms with E-state index in [0.717, 1.165) is 0 Å². The lowest BCUT2D eigenvalue weighted by Crippen LogP contribution is -2.60. The monoisotopic (exact) mass is 323 g/mol. The van der Waals surface area contributed by atoms with Crippen molar-refractivity contribution in [3.05, 3.63) is 29.2 Å². The summed E-state index contributed by atoms with van der Waals surface area (Å²) in [6.45, 7) is 1.51. The summed E-state index contributed by atoms with van der Waals surface area (Å²) in [4.78, 5) is 32.9. The van der Waals surface area contributed by atoms with Gasteiger partial charge in [0.2, 0.25) is 11.8 Å². The van der Waals surface area contributed by atoms with Gasteiger partial charge >= 0.3 is 5.97 Å². The Labute approximate surface area is 129 Å². The van der Waals surface area contributed by atoms with Gasteiger partial charge in [-0.2, -0.15) is 0 Å². The first-order valence-electron chi connectivity index (χ1n) is 6.53. The van der Waals surface area contributed by atoms with E-state index < -0.39 is 18.0 Å². The third kappa shape index (κ3) is 2.32. The Morgan fingerprint density at radius 2 is 2.32 bits per heavy atom. The molecule has 116 valence electrons. The quantitative estimate of drug-likeness (QED) is 0.732. The molecule has 22 heavy (non-hydrogen) atoms. The van der Waals surface area contributed by atoms with Crippen LogP contribution in [0, 0.1) is 5.92 Å². The van der Waals surface area contributed by atoms with Crippen molar-refractivity contribution >= 4 is 23.6 Å². The highest BCUT2D eigenvalue weighted by molar-refractivity contribution is 8.04. The lowest BCUT2D eigenvalue weighted by Gasteiger charge is -2.43. The minimum atomic E-state index is -1.19. The molecule has 2 aliphatic rings. The van der Waals surface area contributed by atoms with Crippen molar-refractivity contribution in [2.45, 2.75) is 18.4 Å². The van der Waals surface area contributed by atoms with Crippen molar-refractivity contribution in [3.63, 3.8) is 0 Å². The van der Waals surface area contributed by atoms with Gasteiger partial charge in [0.1, 0.15) is 17.7 Å². The van der Waals surface area contributed by atoms with Crippen molar-refractivity contribution in [1.29, 1.82) is 0 Å². The second-order valence-electron chi connectivity index (χ2n) is 4.89. The number of nitrogens with zero attached hydrogens (tertiary/aromatic N) is 3. The van der Waals surface area contributed by atoms with Gasteiger partial charge in [-0.15, -0.1) is 0 Å². The van der Waals surface area contributed by atoms with Gasteiger partial charge in [-0.1, -0.05) is 11.8 Å². The summed E-state index contributed by atoms with van der Waals surface area (Å²) in [6, 6.07) is 0. The van der Waals surface area contributed by atoms with Crippen molar-refractivity contribution in [1.82, 2.24) is 14.9 Å². The van der Waals surface area contributed by atoms with E-state index in [2.05, 4.69) is 9.97 Å². The molecule has 8 nitrogen and oxygen atoms in total. The number of rotatable bonds is 5. The van der Waals surface area contributed by atoms with Crippen LogP contribution in [0.5, 0.6) is 5.88 Å². The Balaban J connectivity index is 1.78. The number of aliphatic hydroxyl groups excluding tert-OH is 1. The standard InChI is InChI=1S/C13H13N3O5S/c1-6(17)9-11(18)16-10(13(19)20)7(22-12(9)16)5-21-8-4-14-2-3-15-8/h2-4,6,9,12,17H,5H2,1H3,(H,19,20)/t6-,9+,12-/m1/s1. The van der Waals surface area contributed by atoms with Gasteiger partial charge in [-0.3, -0.25) is 14.7 Å². The molecule has 1 saturated heterocycles. The van der Waals surface area contributed by atoms with E-state index in [0.29, 0.717) is 4.91 Å². The number of aliphatic hydroxyl groups is 1. The molecule has 2 N–H and O–H groups in total. The van der Waals surface area contributed by atoms with Gasteiger partial charge in [0.25, 0.3) is 0 Å². The molecule has 0 spiro atoms. The summed E-state index contributed by atoms with van der Waals surface area (Å²) in [7, 11) is 0. The summed E-state index contributed by atoms with van der Waals surface area (Å²) in [5, 5.41) is 18.6. The minimum absolute atomic E-state index is 0.0161. The van der Waals surface area contributed by atoms with E-state index in [9.17, 15) is 19.8 Å². The first kappa shape index (κ1) is 14.8. The fourth-order valence-electron chi connectivity index (χ4n) is 2.45. The fourth-order valence-corrected chi connectivity index (χ4v) is 3.98. The van der Waals surface area contributed by atoms with E-state index in [-0.39, 0.29) is 29.5 Å². The first-order valence-corrected chi connectivity index (χ1v) is 7.41. The second-order valence-corrected chi connectivity index (χ2v) is 6.10. The molecule has 0 unspecified atom stereocenters. The van der Waals surface area contributed by atoms with Crippen LogP contribution in [-0.4, -0.2) is 55.0 Å². The maximum atomic E-state index is 12.0. The van der Waals surface area contributed by atoms with Crippen LogP contribution in [-0.2, 0) is 9.59 Å². The van der Waals surface area contributed by atoms with E-state index >= 15 is 0 Å². The molecule has 0 radical (unpaired) electrons. The molecule has 0 bridgehead atoms. The van der Waals surface area contributed by atoms with Crippen LogP contribution in [0.2, 0.25) is 0 Å². The van der Waals surface area contributed by atoms with E-state index in [1.54, 1.807) is 0 Å². The van der Waals surface area contributed by atoms with Crippen molar-refractivity contribution in [2.75, 3.05) is 6.61 Å². The Morgan fingerprint density at radius 1 is 1.55 bits per heavy atom. The zero-order chi connectivity index (χ0) is 15.9. The highest BCUT2D eigenvalue weighted by Gasteiger charge is 2.57. The summed E-state index contributed by atoms with van der Waals surface area (Å²) >= 11 is 1.23. The molecule has 3 atom stereocenters. The molecule has 0 aromatic carbocycles. The third-order valence-electron chi connectivity index (χ3n) is 3.47. The number of hydrogen-bond donors (Lipinski definition) is 2. The molecule has 0 saturated carbocycles. The van der Waals surface area contributed by atoms with Crippen molar-refractivity contribution in [3.8, 4) is 5.88 Å². The van der Waals surface area contributed by atoms with Gasteiger partial charge in [0.15, 0.2) is 0 Å². The van der Waals surface area contributed by atoms with E-state index in [4.69, 9.17) is 4.74 Å². The maximum Gasteiger partial charge on any atom is 0.353 e. The Morgan fingerprint density at radius 3 is 2.91 bits per heavy atom. The summed E-state index contributed by atoms with van der Waals surface area (Å²) in [6.07, 6.45) is 3.55. The molecule has 9 heteroatoms. The van der Waals surface area contributed by atoms with Crippen LogP contribution in [0.25, 0.3) is 0 Å². The predicted molar refractivity (Wildman–Crippen MR) is 75.6 cm³/mol. The number of fused-ring (bicyclic) bond motifs is 1. The fraction of sp³-hybridized carbons (Fsp3) is 0.385. The average molecular weight is 323 g/mol. The van der Waals surface area contributed by atoms with Gasteiger partial charge in [-0.25, -0.2) is 9.78 Å². The lowest BCUT2D eigenvalue weighted by atomic mass is 9.92. The number of hydrogen-bond acceptors (Lipinski definition) is 7. The number of amides is 1. The number of carboxylic acid groups (broad SMARTS) is 1. The van der Waals surface area contributed by atoms with Gasteiger partial charge in [0, 0.05) is 12.4 Å². The summed E-state index contributed by atoms with van der Waals surface area (Å²) in [5.74, 6) is -1.88. The normalized spacial score (nSPS) is 24.8. The topological polar surface area (TPSA) is 113 Å². The molecule has 1 aromatic heterocycles. The van der Waals surface area contributed by atoms with Gasteiger partial charge in [0.05, 0.1) is 23.1 Å². The highest BCUT2D eigenvalue weighted by Crippen LogP contribution is 2.50. The Hall–Kier alpha value is -2.13. The second kappa shape index (κ2) is 5.58. The van der Waals surface area contributed by atoms with Crippen LogP contribution in [0.4, 0.5) is 0 Å². The molecule has 0 aliphatic carbocycles. The summed E-state index contributed by atoms with van der Waals surface area (Å²) in [5.41, 5.74) is -0.0826. The first-order chi connectivity index (χ1) is 10.5. The number of carbonyl (C=O) groups excluding carboxylic acids is 1. The minimum Gasteiger partial charge on any atom is -0.477 e. The van der Waals surface area contributed by atoms with Crippen LogP contribution in [0.3, 0.4) is 0 Å².